The van der Waals surface area contributed by atoms with Crippen molar-refractivity contribution in [2.45, 2.75) is 49.6 Å². The molecule has 2 aliphatic rings. The second-order valence-corrected chi connectivity index (χ2v) is 11.4. The van der Waals surface area contributed by atoms with E-state index in [4.69, 9.17) is 27.9 Å². The van der Waals surface area contributed by atoms with E-state index in [9.17, 15) is 10.1 Å². The third-order valence-corrected chi connectivity index (χ3v) is 7.87. The molecule has 3 atom stereocenters. The third-order valence-electron chi connectivity index (χ3n) is 6.06. The molecule has 0 radical (unpaired) electrons. The summed E-state index contributed by atoms with van der Waals surface area (Å²) in [7, 11) is 0. The molecule has 0 spiro atoms. The van der Waals surface area contributed by atoms with E-state index >= 15 is 0 Å². The van der Waals surface area contributed by atoms with Gasteiger partial charge in [-0.05, 0) is 68.0 Å². The van der Waals surface area contributed by atoms with Gasteiger partial charge in [0.15, 0.2) is 0 Å². The largest absolute Gasteiger partial charge is 0.361 e. The SMILES string of the molecule is CC(C)(C#N)SC[C@@H](C1CC1)N1C(=O)CO[C@H](c2cccc(Cl)c2)[C@H]1c1ccc(Cl)cc1. The summed E-state index contributed by atoms with van der Waals surface area (Å²) >= 11 is 14.1. The minimum atomic E-state index is -0.509. The molecule has 4 nitrogen and oxygen atoms in total. The van der Waals surface area contributed by atoms with Crippen LogP contribution in [-0.4, -0.2) is 34.0 Å². The zero-order valence-electron chi connectivity index (χ0n) is 18.1. The molecule has 1 saturated heterocycles. The fraction of sp³-hybridized carbons (Fsp3) is 0.440. The number of carbonyl (C=O) groups excluding carboxylic acids is 1. The molecule has 0 aromatic heterocycles. The lowest BCUT2D eigenvalue weighted by Gasteiger charge is -2.46. The molecule has 0 unspecified atom stereocenters. The lowest BCUT2D eigenvalue weighted by Crippen LogP contribution is -2.52. The van der Waals surface area contributed by atoms with Crippen LogP contribution in [0, 0.1) is 17.2 Å². The van der Waals surface area contributed by atoms with Gasteiger partial charge in [-0.2, -0.15) is 5.26 Å². The highest BCUT2D eigenvalue weighted by atomic mass is 35.5. The van der Waals surface area contributed by atoms with E-state index in [0.717, 1.165) is 24.0 Å². The van der Waals surface area contributed by atoms with Gasteiger partial charge in [-0.3, -0.25) is 4.79 Å². The maximum Gasteiger partial charge on any atom is 0.249 e. The number of thioether (sulfide) groups is 1. The number of nitriles is 1. The number of ether oxygens (including phenoxy) is 1. The highest BCUT2D eigenvalue weighted by molar-refractivity contribution is 8.00. The van der Waals surface area contributed by atoms with Crippen molar-refractivity contribution in [2.24, 2.45) is 5.92 Å². The molecule has 4 rings (SSSR count). The Balaban J connectivity index is 1.75. The van der Waals surface area contributed by atoms with Gasteiger partial charge < -0.3 is 9.64 Å². The van der Waals surface area contributed by atoms with E-state index in [2.05, 4.69) is 6.07 Å². The van der Waals surface area contributed by atoms with Crippen LogP contribution in [-0.2, 0) is 9.53 Å². The molecule has 0 N–H and O–H groups in total. The molecule has 1 aliphatic carbocycles. The first kappa shape index (κ1) is 23.4. The Morgan fingerprint density at radius 1 is 1.16 bits per heavy atom. The second-order valence-electron chi connectivity index (χ2n) is 8.92. The zero-order valence-corrected chi connectivity index (χ0v) is 20.5. The van der Waals surface area contributed by atoms with Gasteiger partial charge in [0.25, 0.3) is 0 Å². The zero-order chi connectivity index (χ0) is 22.9. The first-order chi connectivity index (χ1) is 15.3. The summed E-state index contributed by atoms with van der Waals surface area (Å²) in [5, 5.41) is 10.8. The Hall–Kier alpha value is -1.71. The number of hydrogen-bond donors (Lipinski definition) is 0. The molecular weight excluding hydrogens is 463 g/mol. The molecule has 168 valence electrons. The molecule has 2 aromatic rings. The molecule has 1 saturated carbocycles. The normalized spacial score (nSPS) is 22.5. The number of halogens is 2. The van der Waals surface area contributed by atoms with Crippen molar-refractivity contribution in [1.29, 1.82) is 5.26 Å². The summed E-state index contributed by atoms with van der Waals surface area (Å²) in [4.78, 5) is 15.4. The Kier molecular flexibility index (Phi) is 7.07. The van der Waals surface area contributed by atoms with Gasteiger partial charge in [-0.1, -0.05) is 47.5 Å². The number of hydrogen-bond acceptors (Lipinski definition) is 4. The molecule has 32 heavy (non-hydrogen) atoms. The molecule has 1 aliphatic heterocycles. The Labute approximate surface area is 203 Å². The van der Waals surface area contributed by atoms with E-state index in [1.165, 1.54) is 0 Å². The van der Waals surface area contributed by atoms with Gasteiger partial charge in [0.05, 0.1) is 16.9 Å². The van der Waals surface area contributed by atoms with Gasteiger partial charge in [0.1, 0.15) is 12.7 Å². The van der Waals surface area contributed by atoms with Crippen LogP contribution in [0.25, 0.3) is 0 Å². The summed E-state index contributed by atoms with van der Waals surface area (Å²) in [6, 6.07) is 17.4. The minimum absolute atomic E-state index is 0.0181. The smallest absolute Gasteiger partial charge is 0.249 e. The molecule has 1 amide bonds. The maximum atomic E-state index is 13.3. The van der Waals surface area contributed by atoms with Gasteiger partial charge >= 0.3 is 0 Å². The monoisotopic (exact) mass is 488 g/mol. The maximum absolute atomic E-state index is 13.3. The quantitative estimate of drug-likeness (QED) is 0.449. The number of carbonyl (C=O) groups is 1. The van der Waals surface area contributed by atoms with Crippen molar-refractivity contribution < 1.29 is 9.53 Å². The highest BCUT2D eigenvalue weighted by Crippen LogP contribution is 2.47. The van der Waals surface area contributed by atoms with Crippen molar-refractivity contribution in [2.75, 3.05) is 12.4 Å². The van der Waals surface area contributed by atoms with Gasteiger partial charge in [0, 0.05) is 21.8 Å². The lowest BCUT2D eigenvalue weighted by molar-refractivity contribution is -0.163. The molecular formula is C25H26Cl2N2O2S. The Bertz CT molecular complexity index is 1020. The van der Waals surface area contributed by atoms with E-state index < -0.39 is 4.75 Å². The van der Waals surface area contributed by atoms with Crippen molar-refractivity contribution in [1.82, 2.24) is 4.90 Å². The number of morpholine rings is 1. The van der Waals surface area contributed by atoms with Crippen LogP contribution in [0.4, 0.5) is 0 Å². The number of benzene rings is 2. The van der Waals surface area contributed by atoms with E-state index in [1.54, 1.807) is 11.8 Å². The average Bonchev–Trinajstić information content (AvgIpc) is 3.60. The molecule has 7 heteroatoms. The standard InChI is InChI=1S/C25H26Cl2N2O2S/c1-25(2,15-28)32-14-21(16-6-7-16)29-22(30)13-31-24(18-4-3-5-20(27)12-18)23(29)17-8-10-19(26)11-9-17/h3-5,8-12,16,21,23-24H,6-7,13-14H2,1-2H3/t21-,23+,24+/m0/s1. The van der Waals surface area contributed by atoms with Crippen molar-refractivity contribution in [3.63, 3.8) is 0 Å². The van der Waals surface area contributed by atoms with Crippen molar-refractivity contribution in [3.05, 3.63) is 69.7 Å². The molecule has 2 aromatic carbocycles. The van der Waals surface area contributed by atoms with Gasteiger partial charge in [-0.25, -0.2) is 0 Å². The van der Waals surface area contributed by atoms with E-state index in [1.807, 2.05) is 67.3 Å². The predicted molar refractivity (Wildman–Crippen MR) is 130 cm³/mol. The fourth-order valence-corrected chi connectivity index (χ4v) is 5.64. The molecule has 2 fully saturated rings. The average molecular weight is 489 g/mol. The minimum Gasteiger partial charge on any atom is -0.361 e. The summed E-state index contributed by atoms with van der Waals surface area (Å²) < 4.78 is 5.62. The van der Waals surface area contributed by atoms with Crippen LogP contribution in [0.2, 0.25) is 10.0 Å². The molecule has 1 heterocycles. The Morgan fingerprint density at radius 2 is 1.88 bits per heavy atom. The number of amides is 1. The summed E-state index contributed by atoms with van der Waals surface area (Å²) in [5.74, 6) is 1.13. The van der Waals surface area contributed by atoms with Crippen LogP contribution in [0.5, 0.6) is 0 Å². The summed E-state index contributed by atoms with van der Waals surface area (Å²) in [6.45, 7) is 3.87. The fourth-order valence-electron chi connectivity index (χ4n) is 4.23. The molecule has 0 bridgehead atoms. The summed E-state index contributed by atoms with van der Waals surface area (Å²) in [6.07, 6.45) is 1.85. The third kappa shape index (κ3) is 5.26. The number of nitrogens with zero attached hydrogens (tertiary/aromatic N) is 2. The van der Waals surface area contributed by atoms with E-state index in [-0.39, 0.29) is 30.7 Å². The first-order valence-electron chi connectivity index (χ1n) is 10.8. The first-order valence-corrected chi connectivity index (χ1v) is 12.5. The van der Waals surface area contributed by atoms with Crippen molar-refractivity contribution >= 4 is 40.9 Å². The topological polar surface area (TPSA) is 53.3 Å². The van der Waals surface area contributed by atoms with Crippen LogP contribution >= 0.6 is 35.0 Å². The second kappa shape index (κ2) is 9.65. The highest BCUT2D eigenvalue weighted by Gasteiger charge is 2.47. The van der Waals surface area contributed by atoms with Crippen LogP contribution in [0.3, 0.4) is 0 Å². The van der Waals surface area contributed by atoms with Crippen molar-refractivity contribution in [3.8, 4) is 6.07 Å². The number of rotatable bonds is 7. The van der Waals surface area contributed by atoms with E-state index in [0.29, 0.717) is 21.7 Å². The predicted octanol–water partition coefficient (Wildman–Crippen LogP) is 6.45. The van der Waals surface area contributed by atoms with Crippen LogP contribution in [0.15, 0.2) is 48.5 Å². The Morgan fingerprint density at radius 3 is 2.50 bits per heavy atom. The van der Waals surface area contributed by atoms with Crippen LogP contribution < -0.4 is 0 Å². The van der Waals surface area contributed by atoms with Crippen LogP contribution in [0.1, 0.15) is 50.0 Å². The lowest BCUT2D eigenvalue weighted by atomic mass is 9.91. The van der Waals surface area contributed by atoms with Gasteiger partial charge in [-0.15, -0.1) is 11.8 Å². The summed E-state index contributed by atoms with van der Waals surface area (Å²) in [5.41, 5.74) is 1.91. The van der Waals surface area contributed by atoms with Gasteiger partial charge in [0.2, 0.25) is 5.91 Å².